The van der Waals surface area contributed by atoms with Gasteiger partial charge in [0.1, 0.15) is 67.1 Å². The van der Waals surface area contributed by atoms with Crippen LogP contribution in [0.5, 0.6) is 0 Å². The van der Waals surface area contributed by atoms with Gasteiger partial charge in [0.2, 0.25) is 5.91 Å². The van der Waals surface area contributed by atoms with Crippen molar-refractivity contribution in [1.29, 1.82) is 0 Å². The summed E-state index contributed by atoms with van der Waals surface area (Å²) in [6.07, 6.45) is -21.4. The van der Waals surface area contributed by atoms with Crippen molar-refractivity contribution in [1.82, 2.24) is 5.32 Å². The van der Waals surface area contributed by atoms with Crippen LogP contribution in [-0.2, 0) is 23.7 Å². The molecule has 0 unspecified atom stereocenters. The first-order chi connectivity index (χ1) is 16.9. The van der Waals surface area contributed by atoms with E-state index in [-0.39, 0.29) is 0 Å². The number of aliphatic hydroxyl groups excluding tert-OH is 10. The number of aliphatic hydroxyl groups is 10. The van der Waals surface area contributed by atoms with Crippen molar-refractivity contribution < 1.29 is 74.8 Å². The molecule has 1 amide bonds. The minimum Gasteiger partial charge on any atom is -0.394 e. The summed E-state index contributed by atoms with van der Waals surface area (Å²) in [5, 5.41) is 103. The lowest BCUT2D eigenvalue weighted by Gasteiger charge is -2.45. The fourth-order valence-electron chi connectivity index (χ4n) is 3.98. The summed E-state index contributed by atoms with van der Waals surface area (Å²) in [6.45, 7) is -0.232. The van der Waals surface area contributed by atoms with E-state index < -0.39 is 111 Å². The average molecular weight is 532 g/mol. The van der Waals surface area contributed by atoms with Crippen LogP contribution in [0.4, 0.5) is 0 Å². The molecule has 16 heteroatoms. The predicted octanol–water partition coefficient (Wildman–Crippen LogP) is -6.77. The molecule has 2 aliphatic rings. The molecular weight excluding hydrogens is 494 g/mol. The third-order valence-electron chi connectivity index (χ3n) is 6.12. The van der Waals surface area contributed by atoms with Crippen LogP contribution in [0.25, 0.3) is 0 Å². The zero-order chi connectivity index (χ0) is 27.3. The van der Waals surface area contributed by atoms with Crippen molar-refractivity contribution in [2.75, 3.05) is 19.8 Å². The standard InChI is InChI=1S/C20H37NO15/c1-6-12(27)16(31)17(32)20(33-6)35-10(5-24)18(13(28)8(26)3-22)36-19-11(21-7(2)25)15(30)14(29)9(4-23)34-19/h6,8-20,22-24,26-32H,3-5H2,1-2H3,(H,21,25)/t6-,8+,9+,10-,11+,12+,13-,14-,15+,16+,17-,18+,19+,20-/m0/s1. The first-order valence-electron chi connectivity index (χ1n) is 11.4. The van der Waals surface area contributed by atoms with Crippen LogP contribution >= 0.6 is 0 Å². The van der Waals surface area contributed by atoms with E-state index in [2.05, 4.69) is 5.32 Å². The Balaban J connectivity index is 2.35. The van der Waals surface area contributed by atoms with E-state index in [1.54, 1.807) is 0 Å². The normalized spacial score (nSPS) is 40.8. The quantitative estimate of drug-likeness (QED) is 0.118. The van der Waals surface area contributed by atoms with E-state index in [9.17, 15) is 55.9 Å². The predicted molar refractivity (Wildman–Crippen MR) is 114 cm³/mol. The Hall–Kier alpha value is -1.09. The number of ether oxygens (including phenoxy) is 4. The van der Waals surface area contributed by atoms with Crippen LogP contribution in [-0.4, -0.2) is 163 Å². The molecular formula is C20H37NO15. The lowest BCUT2D eigenvalue weighted by molar-refractivity contribution is -0.338. The zero-order valence-corrected chi connectivity index (χ0v) is 19.7. The molecule has 2 aliphatic heterocycles. The van der Waals surface area contributed by atoms with Gasteiger partial charge >= 0.3 is 0 Å². The molecule has 0 spiro atoms. The Kier molecular flexibility index (Phi) is 11.8. The fourth-order valence-corrected chi connectivity index (χ4v) is 3.98. The molecule has 2 saturated heterocycles. The lowest BCUT2D eigenvalue weighted by Crippen LogP contribution is -2.66. The number of rotatable bonds is 11. The summed E-state index contributed by atoms with van der Waals surface area (Å²) in [5.41, 5.74) is 0. The smallest absolute Gasteiger partial charge is 0.217 e. The molecule has 11 N–H and O–H groups in total. The van der Waals surface area contributed by atoms with Crippen LogP contribution in [0.2, 0.25) is 0 Å². The number of carbonyl (C=O) groups is 1. The molecule has 2 rings (SSSR count). The Morgan fingerprint density at radius 2 is 1.50 bits per heavy atom. The lowest BCUT2D eigenvalue weighted by atomic mass is 9.96. The van der Waals surface area contributed by atoms with Gasteiger partial charge < -0.3 is 75.3 Å². The Morgan fingerprint density at radius 3 is 2.03 bits per heavy atom. The Morgan fingerprint density at radius 1 is 0.861 bits per heavy atom. The average Bonchev–Trinajstić information content (AvgIpc) is 2.85. The second-order valence-corrected chi connectivity index (χ2v) is 8.81. The third kappa shape index (κ3) is 7.06. The summed E-state index contributed by atoms with van der Waals surface area (Å²) < 4.78 is 21.9. The first-order valence-corrected chi connectivity index (χ1v) is 11.4. The highest BCUT2D eigenvalue weighted by atomic mass is 16.7. The second-order valence-electron chi connectivity index (χ2n) is 8.81. The van der Waals surface area contributed by atoms with Gasteiger partial charge in [-0.25, -0.2) is 0 Å². The van der Waals surface area contributed by atoms with Crippen molar-refractivity contribution in [2.24, 2.45) is 0 Å². The van der Waals surface area contributed by atoms with Crippen LogP contribution in [0.3, 0.4) is 0 Å². The molecule has 0 aromatic rings. The zero-order valence-electron chi connectivity index (χ0n) is 19.7. The van der Waals surface area contributed by atoms with E-state index in [0.717, 1.165) is 6.92 Å². The molecule has 0 radical (unpaired) electrons. The van der Waals surface area contributed by atoms with Crippen molar-refractivity contribution >= 4 is 5.91 Å². The van der Waals surface area contributed by atoms with Gasteiger partial charge in [0.25, 0.3) is 0 Å². The monoisotopic (exact) mass is 531 g/mol. The summed E-state index contributed by atoms with van der Waals surface area (Å²) in [5.74, 6) is -0.673. The Bertz CT molecular complexity index is 687. The van der Waals surface area contributed by atoms with Gasteiger partial charge in [0, 0.05) is 6.92 Å². The highest BCUT2D eigenvalue weighted by molar-refractivity contribution is 5.73. The second kappa shape index (κ2) is 13.6. The summed E-state index contributed by atoms with van der Waals surface area (Å²) in [7, 11) is 0. The maximum Gasteiger partial charge on any atom is 0.217 e. The highest BCUT2D eigenvalue weighted by Crippen LogP contribution is 2.28. The van der Waals surface area contributed by atoms with E-state index in [4.69, 9.17) is 18.9 Å². The van der Waals surface area contributed by atoms with Gasteiger partial charge in [-0.2, -0.15) is 0 Å². The van der Waals surface area contributed by atoms with Crippen LogP contribution in [0, 0.1) is 0 Å². The molecule has 212 valence electrons. The number of nitrogens with one attached hydrogen (secondary N) is 1. The maximum atomic E-state index is 11.7. The molecule has 16 nitrogen and oxygen atoms in total. The molecule has 0 aromatic carbocycles. The molecule has 14 atom stereocenters. The van der Waals surface area contributed by atoms with Gasteiger partial charge in [-0.1, -0.05) is 0 Å². The molecule has 0 aromatic heterocycles. The van der Waals surface area contributed by atoms with Crippen molar-refractivity contribution in [3.63, 3.8) is 0 Å². The highest BCUT2D eigenvalue weighted by Gasteiger charge is 2.49. The molecule has 0 aliphatic carbocycles. The summed E-state index contributed by atoms with van der Waals surface area (Å²) >= 11 is 0. The van der Waals surface area contributed by atoms with Crippen molar-refractivity contribution in [3.8, 4) is 0 Å². The number of hydrogen-bond donors (Lipinski definition) is 11. The SMILES string of the molecule is CC(=O)N[C@H]1[C@@H](O[C@@H]([C@@H](O)[C@H](O)CO)[C@H](CO)O[C@@H]2O[C@@H](C)[C@@H](O)[C@@H](O)[C@@H]2O)O[C@H](CO)[C@H](O)[C@@H]1O. The van der Waals surface area contributed by atoms with Crippen LogP contribution in [0.15, 0.2) is 0 Å². The van der Waals surface area contributed by atoms with Gasteiger partial charge in [0.15, 0.2) is 12.6 Å². The molecule has 0 bridgehead atoms. The fraction of sp³-hybridized carbons (Fsp3) is 0.950. The number of amides is 1. The van der Waals surface area contributed by atoms with E-state index >= 15 is 0 Å². The van der Waals surface area contributed by atoms with Crippen LogP contribution < -0.4 is 5.32 Å². The largest absolute Gasteiger partial charge is 0.394 e. The Labute approximate surface area is 206 Å². The first kappa shape index (κ1) is 31.1. The molecule has 2 fully saturated rings. The van der Waals surface area contributed by atoms with E-state index in [1.165, 1.54) is 6.92 Å². The molecule has 36 heavy (non-hydrogen) atoms. The molecule has 2 heterocycles. The third-order valence-corrected chi connectivity index (χ3v) is 6.12. The van der Waals surface area contributed by atoms with E-state index in [1.807, 2.05) is 0 Å². The van der Waals surface area contributed by atoms with Gasteiger partial charge in [0.05, 0.1) is 25.9 Å². The number of hydrogen-bond acceptors (Lipinski definition) is 15. The summed E-state index contributed by atoms with van der Waals surface area (Å²) in [4.78, 5) is 11.7. The van der Waals surface area contributed by atoms with E-state index in [0.29, 0.717) is 0 Å². The minimum atomic E-state index is -2.00. The maximum absolute atomic E-state index is 11.7. The van der Waals surface area contributed by atoms with Crippen LogP contribution in [0.1, 0.15) is 13.8 Å². The molecule has 0 saturated carbocycles. The van der Waals surface area contributed by atoms with Crippen molar-refractivity contribution in [3.05, 3.63) is 0 Å². The van der Waals surface area contributed by atoms with Gasteiger partial charge in [-0.05, 0) is 6.92 Å². The minimum absolute atomic E-state index is 0.673. The summed E-state index contributed by atoms with van der Waals surface area (Å²) in [6, 6.07) is -1.46. The van der Waals surface area contributed by atoms with Gasteiger partial charge in [-0.15, -0.1) is 0 Å². The van der Waals surface area contributed by atoms with Crippen molar-refractivity contribution in [2.45, 2.75) is 99.6 Å². The van der Waals surface area contributed by atoms with Gasteiger partial charge in [-0.3, -0.25) is 4.79 Å². The number of carbonyl (C=O) groups excluding carboxylic acids is 1. The topological polar surface area (TPSA) is 268 Å².